The van der Waals surface area contributed by atoms with E-state index in [0.717, 1.165) is 22.6 Å². The molecule has 0 unspecified atom stereocenters. The number of benzene rings is 2. The molecule has 0 spiro atoms. The summed E-state index contributed by atoms with van der Waals surface area (Å²) in [7, 11) is 0. The van der Waals surface area contributed by atoms with Crippen molar-refractivity contribution in [1.29, 1.82) is 0 Å². The first kappa shape index (κ1) is 18.3. The monoisotopic (exact) mass is 353 g/mol. The Morgan fingerprint density at radius 1 is 1.23 bits per heavy atom. The van der Waals surface area contributed by atoms with Crippen LogP contribution < -0.4 is 14.8 Å². The summed E-state index contributed by atoms with van der Waals surface area (Å²) in [4.78, 5) is 12.7. The van der Waals surface area contributed by atoms with Gasteiger partial charge in [0.25, 0.3) is 5.91 Å². The summed E-state index contributed by atoms with van der Waals surface area (Å²) in [6, 6.07) is 13.7. The fourth-order valence-corrected chi connectivity index (χ4v) is 3.40. The van der Waals surface area contributed by atoms with Crippen molar-refractivity contribution in [1.82, 2.24) is 5.32 Å². The first-order valence-corrected chi connectivity index (χ1v) is 9.07. The maximum absolute atomic E-state index is 12.7. The van der Waals surface area contributed by atoms with Gasteiger partial charge < -0.3 is 14.8 Å². The third kappa shape index (κ3) is 4.01. The molecule has 1 amide bonds. The number of para-hydroxylation sites is 1. The van der Waals surface area contributed by atoms with Gasteiger partial charge in [-0.2, -0.15) is 0 Å². The van der Waals surface area contributed by atoms with Gasteiger partial charge in [-0.25, -0.2) is 0 Å². The molecular formula is C22H27NO3. The zero-order valence-corrected chi connectivity index (χ0v) is 16.1. The van der Waals surface area contributed by atoms with Crippen LogP contribution >= 0.6 is 0 Å². The lowest BCUT2D eigenvalue weighted by Crippen LogP contribution is -2.44. The molecule has 1 heterocycles. The molecule has 0 saturated carbocycles. The lowest BCUT2D eigenvalue weighted by Gasteiger charge is -2.38. The molecule has 2 atom stereocenters. The first-order valence-electron chi connectivity index (χ1n) is 9.07. The molecule has 0 radical (unpaired) electrons. The van der Waals surface area contributed by atoms with Crippen molar-refractivity contribution < 1.29 is 14.3 Å². The lowest BCUT2D eigenvalue weighted by atomic mass is 9.89. The van der Waals surface area contributed by atoms with Crippen molar-refractivity contribution in [2.45, 2.75) is 58.8 Å². The van der Waals surface area contributed by atoms with Crippen molar-refractivity contribution in [3.63, 3.8) is 0 Å². The van der Waals surface area contributed by atoms with Crippen molar-refractivity contribution in [3.05, 3.63) is 59.2 Å². The molecule has 0 aliphatic carbocycles. The average molecular weight is 353 g/mol. The highest BCUT2D eigenvalue weighted by atomic mass is 16.5. The van der Waals surface area contributed by atoms with E-state index in [-0.39, 0.29) is 17.6 Å². The van der Waals surface area contributed by atoms with Crippen LogP contribution in [-0.2, 0) is 4.79 Å². The van der Waals surface area contributed by atoms with Crippen LogP contribution in [0.25, 0.3) is 0 Å². The van der Waals surface area contributed by atoms with Gasteiger partial charge in [0, 0.05) is 12.0 Å². The summed E-state index contributed by atoms with van der Waals surface area (Å²) in [5, 5.41) is 3.14. The zero-order valence-electron chi connectivity index (χ0n) is 16.1. The van der Waals surface area contributed by atoms with Gasteiger partial charge in [0.1, 0.15) is 17.1 Å². The second-order valence-electron chi connectivity index (χ2n) is 7.69. The molecule has 0 aromatic heterocycles. The van der Waals surface area contributed by atoms with Crippen LogP contribution in [0.5, 0.6) is 11.5 Å². The summed E-state index contributed by atoms with van der Waals surface area (Å²) in [5.74, 6) is 1.45. The Morgan fingerprint density at radius 3 is 2.69 bits per heavy atom. The van der Waals surface area contributed by atoms with Gasteiger partial charge in [-0.05, 0) is 52.3 Å². The fraction of sp³-hybridized carbons (Fsp3) is 0.409. The Bertz CT molecular complexity index is 813. The molecular weight excluding hydrogens is 326 g/mol. The highest BCUT2D eigenvalue weighted by Crippen LogP contribution is 2.39. The average Bonchev–Trinajstić information content (AvgIpc) is 2.56. The predicted molar refractivity (Wildman–Crippen MR) is 103 cm³/mol. The number of fused-ring (bicyclic) bond motifs is 1. The molecule has 1 aliphatic heterocycles. The number of carbonyl (C=O) groups excluding carboxylic acids is 1. The quantitative estimate of drug-likeness (QED) is 0.881. The van der Waals surface area contributed by atoms with E-state index in [2.05, 4.69) is 11.4 Å². The molecule has 0 bridgehead atoms. The van der Waals surface area contributed by atoms with Crippen LogP contribution in [0.3, 0.4) is 0 Å². The lowest BCUT2D eigenvalue weighted by molar-refractivity contribution is -0.128. The standard InChI is InChI=1S/C22H27NO3/c1-14-10-11-19(15(2)12-14)25-16(3)21(24)23-18-13-22(4,5)26-20-9-7-6-8-17(18)20/h6-12,16,18H,13H2,1-5H3,(H,23,24)/t16-,18+/m1/s1. The molecule has 0 fully saturated rings. The smallest absolute Gasteiger partial charge is 0.261 e. The molecule has 2 aromatic rings. The van der Waals surface area contributed by atoms with Gasteiger partial charge in [-0.1, -0.05) is 35.9 Å². The third-order valence-electron chi connectivity index (χ3n) is 4.70. The SMILES string of the molecule is Cc1ccc(O[C@H](C)C(=O)N[C@H]2CC(C)(C)Oc3ccccc32)c(C)c1. The van der Waals surface area contributed by atoms with Crippen LogP contribution in [0, 0.1) is 13.8 Å². The number of hydrogen-bond donors (Lipinski definition) is 1. The Hall–Kier alpha value is -2.49. The van der Waals surface area contributed by atoms with Gasteiger partial charge in [0.05, 0.1) is 6.04 Å². The minimum absolute atomic E-state index is 0.0902. The van der Waals surface area contributed by atoms with E-state index in [0.29, 0.717) is 6.42 Å². The summed E-state index contributed by atoms with van der Waals surface area (Å²) < 4.78 is 11.9. The Morgan fingerprint density at radius 2 is 1.96 bits per heavy atom. The van der Waals surface area contributed by atoms with E-state index < -0.39 is 6.10 Å². The van der Waals surface area contributed by atoms with E-state index in [1.54, 1.807) is 6.92 Å². The topological polar surface area (TPSA) is 47.6 Å². The third-order valence-corrected chi connectivity index (χ3v) is 4.70. The normalized spacial score (nSPS) is 19.0. The van der Waals surface area contributed by atoms with E-state index in [4.69, 9.17) is 9.47 Å². The molecule has 2 aromatic carbocycles. The first-order chi connectivity index (χ1) is 12.2. The Kier molecular flexibility index (Phi) is 4.94. The minimum Gasteiger partial charge on any atom is -0.487 e. The van der Waals surface area contributed by atoms with Gasteiger partial charge in [-0.3, -0.25) is 4.79 Å². The maximum atomic E-state index is 12.7. The van der Waals surface area contributed by atoms with Crippen molar-refractivity contribution >= 4 is 5.91 Å². The summed E-state index contributed by atoms with van der Waals surface area (Å²) in [6.07, 6.45) is 0.140. The van der Waals surface area contributed by atoms with Crippen molar-refractivity contribution in [2.75, 3.05) is 0 Å². The molecule has 26 heavy (non-hydrogen) atoms. The summed E-state index contributed by atoms with van der Waals surface area (Å²) in [6.45, 7) is 9.89. The molecule has 4 nitrogen and oxygen atoms in total. The maximum Gasteiger partial charge on any atom is 0.261 e. The molecule has 4 heteroatoms. The number of amides is 1. The summed E-state index contributed by atoms with van der Waals surface area (Å²) >= 11 is 0. The van der Waals surface area contributed by atoms with Gasteiger partial charge in [0.2, 0.25) is 0 Å². The second kappa shape index (κ2) is 7.02. The molecule has 138 valence electrons. The van der Waals surface area contributed by atoms with Crippen molar-refractivity contribution in [3.8, 4) is 11.5 Å². The highest BCUT2D eigenvalue weighted by Gasteiger charge is 2.35. The van der Waals surface area contributed by atoms with Crippen LogP contribution in [0.2, 0.25) is 0 Å². The van der Waals surface area contributed by atoms with E-state index in [1.165, 1.54) is 5.56 Å². The Balaban J connectivity index is 1.73. The van der Waals surface area contributed by atoms with Crippen LogP contribution in [0.4, 0.5) is 0 Å². The van der Waals surface area contributed by atoms with E-state index >= 15 is 0 Å². The zero-order chi connectivity index (χ0) is 18.9. The Labute approximate surface area is 155 Å². The molecule has 1 N–H and O–H groups in total. The van der Waals surface area contributed by atoms with Crippen LogP contribution in [-0.4, -0.2) is 17.6 Å². The predicted octanol–water partition coefficient (Wildman–Crippen LogP) is 4.49. The number of aryl methyl sites for hydroxylation is 2. The van der Waals surface area contributed by atoms with E-state index in [1.807, 2.05) is 64.1 Å². The van der Waals surface area contributed by atoms with Gasteiger partial charge in [-0.15, -0.1) is 0 Å². The number of ether oxygens (including phenoxy) is 2. The number of carbonyl (C=O) groups is 1. The van der Waals surface area contributed by atoms with Crippen LogP contribution in [0.1, 0.15) is 49.9 Å². The van der Waals surface area contributed by atoms with Crippen molar-refractivity contribution in [2.24, 2.45) is 0 Å². The fourth-order valence-electron chi connectivity index (χ4n) is 3.40. The highest BCUT2D eigenvalue weighted by molar-refractivity contribution is 5.81. The van der Waals surface area contributed by atoms with Gasteiger partial charge >= 0.3 is 0 Å². The number of nitrogens with one attached hydrogen (secondary N) is 1. The van der Waals surface area contributed by atoms with Crippen LogP contribution in [0.15, 0.2) is 42.5 Å². The molecule has 1 aliphatic rings. The van der Waals surface area contributed by atoms with Gasteiger partial charge in [0.15, 0.2) is 6.10 Å². The van der Waals surface area contributed by atoms with E-state index in [9.17, 15) is 4.79 Å². The number of hydrogen-bond acceptors (Lipinski definition) is 3. The summed E-state index contributed by atoms with van der Waals surface area (Å²) in [5.41, 5.74) is 2.89. The largest absolute Gasteiger partial charge is 0.487 e. The minimum atomic E-state index is -0.575. The molecule has 0 saturated heterocycles. The molecule has 3 rings (SSSR count). The number of rotatable bonds is 4. The second-order valence-corrected chi connectivity index (χ2v) is 7.69.